The number of methoxy groups -OCH3 is 1. The van der Waals surface area contributed by atoms with Crippen molar-refractivity contribution in [3.63, 3.8) is 0 Å². The van der Waals surface area contributed by atoms with Crippen molar-refractivity contribution in [2.24, 2.45) is 5.41 Å². The molecule has 0 unspecified atom stereocenters. The molecule has 0 bridgehead atoms. The average molecular weight is 216 g/mol. The first kappa shape index (κ1) is 14.9. The second-order valence-corrected chi connectivity index (χ2v) is 5.39. The summed E-state index contributed by atoms with van der Waals surface area (Å²) in [5.41, 5.74) is 0.384. The first-order chi connectivity index (χ1) is 6.95. The summed E-state index contributed by atoms with van der Waals surface area (Å²) in [7, 11) is 3.92. The summed E-state index contributed by atoms with van der Waals surface area (Å²) in [6.45, 7) is 12.0. The van der Waals surface area contributed by atoms with E-state index in [0.717, 1.165) is 39.2 Å². The normalized spacial score (nSPS) is 12.4. The molecule has 3 nitrogen and oxygen atoms in total. The number of nitrogens with zero attached hydrogens (tertiary/aromatic N) is 1. The van der Waals surface area contributed by atoms with Crippen LogP contribution in [0.1, 0.15) is 27.2 Å². The molecular weight excluding hydrogens is 188 g/mol. The molecule has 0 radical (unpaired) electrons. The molecule has 15 heavy (non-hydrogen) atoms. The molecule has 0 aromatic rings. The Morgan fingerprint density at radius 2 is 1.87 bits per heavy atom. The fraction of sp³-hybridized carbons (Fsp3) is 1.00. The highest BCUT2D eigenvalue weighted by Crippen LogP contribution is 2.09. The molecule has 0 fully saturated rings. The highest BCUT2D eigenvalue weighted by molar-refractivity contribution is 4.65. The molecule has 0 aliphatic rings. The van der Waals surface area contributed by atoms with Crippen LogP contribution in [0.4, 0.5) is 0 Å². The predicted molar refractivity (Wildman–Crippen MR) is 66.3 cm³/mol. The van der Waals surface area contributed by atoms with Crippen molar-refractivity contribution in [3.8, 4) is 0 Å². The molecule has 0 amide bonds. The topological polar surface area (TPSA) is 24.5 Å². The minimum absolute atomic E-state index is 0.384. The van der Waals surface area contributed by atoms with Gasteiger partial charge in [0, 0.05) is 39.9 Å². The van der Waals surface area contributed by atoms with Gasteiger partial charge in [-0.15, -0.1) is 0 Å². The van der Waals surface area contributed by atoms with E-state index >= 15 is 0 Å². The van der Waals surface area contributed by atoms with E-state index in [-0.39, 0.29) is 0 Å². The largest absolute Gasteiger partial charge is 0.385 e. The molecule has 0 aliphatic heterocycles. The smallest absolute Gasteiger partial charge is 0.0474 e. The standard InChI is InChI=1S/C12H28N2O/c1-12(2,3)11-13-7-9-14(4)8-6-10-15-5/h13H,6-11H2,1-5H3. The van der Waals surface area contributed by atoms with Gasteiger partial charge in [-0.3, -0.25) is 0 Å². The Kier molecular flexibility index (Phi) is 8.02. The fourth-order valence-electron chi connectivity index (χ4n) is 1.32. The van der Waals surface area contributed by atoms with Gasteiger partial charge < -0.3 is 15.0 Å². The minimum atomic E-state index is 0.384. The lowest BCUT2D eigenvalue weighted by molar-refractivity contribution is 0.179. The van der Waals surface area contributed by atoms with E-state index in [9.17, 15) is 0 Å². The molecule has 3 heteroatoms. The maximum Gasteiger partial charge on any atom is 0.0474 e. The summed E-state index contributed by atoms with van der Waals surface area (Å²) in [5, 5.41) is 3.47. The van der Waals surface area contributed by atoms with Crippen LogP contribution in [0.3, 0.4) is 0 Å². The maximum absolute atomic E-state index is 5.02. The van der Waals surface area contributed by atoms with Crippen LogP contribution < -0.4 is 5.32 Å². The summed E-state index contributed by atoms with van der Waals surface area (Å²) >= 11 is 0. The Balaban J connectivity index is 3.27. The Bertz CT molecular complexity index is 143. The third-order valence-corrected chi connectivity index (χ3v) is 2.21. The average Bonchev–Trinajstić information content (AvgIpc) is 2.11. The lowest BCUT2D eigenvalue weighted by Crippen LogP contribution is -2.34. The van der Waals surface area contributed by atoms with E-state index in [1.165, 1.54) is 0 Å². The lowest BCUT2D eigenvalue weighted by Gasteiger charge is -2.21. The third kappa shape index (κ3) is 11.8. The van der Waals surface area contributed by atoms with E-state index in [0.29, 0.717) is 5.41 Å². The zero-order valence-electron chi connectivity index (χ0n) is 11.1. The van der Waals surface area contributed by atoms with Gasteiger partial charge in [0.05, 0.1) is 0 Å². The Morgan fingerprint density at radius 1 is 1.20 bits per heavy atom. The Labute approximate surface area is 95.2 Å². The molecule has 0 saturated carbocycles. The van der Waals surface area contributed by atoms with Gasteiger partial charge in [-0.05, 0) is 18.9 Å². The predicted octanol–water partition coefficient (Wildman–Crippen LogP) is 1.59. The van der Waals surface area contributed by atoms with E-state index in [4.69, 9.17) is 4.74 Å². The van der Waals surface area contributed by atoms with Crippen LogP contribution in [-0.2, 0) is 4.74 Å². The molecule has 0 saturated heterocycles. The zero-order chi connectivity index (χ0) is 11.7. The van der Waals surface area contributed by atoms with Crippen LogP contribution in [0.2, 0.25) is 0 Å². The van der Waals surface area contributed by atoms with Gasteiger partial charge in [0.2, 0.25) is 0 Å². The highest BCUT2D eigenvalue weighted by atomic mass is 16.5. The summed E-state index contributed by atoms with van der Waals surface area (Å²) < 4.78 is 5.02. The van der Waals surface area contributed by atoms with Gasteiger partial charge >= 0.3 is 0 Å². The van der Waals surface area contributed by atoms with Gasteiger partial charge in [0.25, 0.3) is 0 Å². The van der Waals surface area contributed by atoms with Crippen LogP contribution in [0.15, 0.2) is 0 Å². The monoisotopic (exact) mass is 216 g/mol. The molecule has 0 heterocycles. The molecule has 0 aliphatic carbocycles. The summed E-state index contributed by atoms with van der Waals surface area (Å²) in [5.74, 6) is 0. The van der Waals surface area contributed by atoms with Gasteiger partial charge in [-0.25, -0.2) is 0 Å². The van der Waals surface area contributed by atoms with Crippen LogP contribution in [0, 0.1) is 5.41 Å². The van der Waals surface area contributed by atoms with Crippen molar-refractivity contribution in [2.45, 2.75) is 27.2 Å². The molecule has 92 valence electrons. The first-order valence-electron chi connectivity index (χ1n) is 5.84. The van der Waals surface area contributed by atoms with Gasteiger partial charge in [-0.1, -0.05) is 20.8 Å². The molecule has 0 aromatic heterocycles. The second-order valence-electron chi connectivity index (χ2n) is 5.39. The summed E-state index contributed by atoms with van der Waals surface area (Å²) in [4.78, 5) is 2.34. The number of ether oxygens (including phenoxy) is 1. The molecule has 0 rings (SSSR count). The Hall–Kier alpha value is -0.120. The molecule has 0 atom stereocenters. The molecule has 1 N–H and O–H groups in total. The number of hydrogen-bond acceptors (Lipinski definition) is 3. The van der Waals surface area contributed by atoms with Gasteiger partial charge in [0.15, 0.2) is 0 Å². The Morgan fingerprint density at radius 3 is 2.40 bits per heavy atom. The molecule has 0 spiro atoms. The second kappa shape index (κ2) is 8.08. The summed E-state index contributed by atoms with van der Waals surface area (Å²) in [6, 6.07) is 0. The van der Waals surface area contributed by atoms with E-state index in [1.807, 2.05) is 0 Å². The first-order valence-corrected chi connectivity index (χ1v) is 5.84. The number of likely N-dealkylation sites (N-methyl/N-ethyl adjacent to an activating group) is 1. The third-order valence-electron chi connectivity index (χ3n) is 2.21. The van der Waals surface area contributed by atoms with Crippen molar-refractivity contribution >= 4 is 0 Å². The quantitative estimate of drug-likeness (QED) is 0.624. The van der Waals surface area contributed by atoms with Crippen molar-refractivity contribution in [1.82, 2.24) is 10.2 Å². The van der Waals surface area contributed by atoms with E-state index in [1.54, 1.807) is 7.11 Å². The van der Waals surface area contributed by atoms with Crippen LogP contribution in [0.25, 0.3) is 0 Å². The maximum atomic E-state index is 5.02. The van der Waals surface area contributed by atoms with Gasteiger partial charge in [0.1, 0.15) is 0 Å². The lowest BCUT2D eigenvalue weighted by atomic mass is 9.97. The van der Waals surface area contributed by atoms with Crippen LogP contribution in [-0.4, -0.2) is 51.8 Å². The van der Waals surface area contributed by atoms with Crippen LogP contribution >= 0.6 is 0 Å². The van der Waals surface area contributed by atoms with Gasteiger partial charge in [-0.2, -0.15) is 0 Å². The molecular formula is C12H28N2O. The van der Waals surface area contributed by atoms with Crippen molar-refractivity contribution < 1.29 is 4.74 Å². The SMILES string of the molecule is COCCCN(C)CCNCC(C)(C)C. The van der Waals surface area contributed by atoms with Crippen molar-refractivity contribution in [2.75, 3.05) is 46.9 Å². The number of rotatable bonds is 8. The zero-order valence-corrected chi connectivity index (χ0v) is 11.1. The highest BCUT2D eigenvalue weighted by Gasteiger charge is 2.08. The molecule has 0 aromatic carbocycles. The van der Waals surface area contributed by atoms with Crippen molar-refractivity contribution in [1.29, 1.82) is 0 Å². The van der Waals surface area contributed by atoms with Crippen LogP contribution in [0.5, 0.6) is 0 Å². The summed E-state index contributed by atoms with van der Waals surface area (Å²) in [6.07, 6.45) is 1.12. The fourth-order valence-corrected chi connectivity index (χ4v) is 1.32. The minimum Gasteiger partial charge on any atom is -0.385 e. The number of hydrogen-bond donors (Lipinski definition) is 1. The van der Waals surface area contributed by atoms with E-state index in [2.05, 4.69) is 38.0 Å². The van der Waals surface area contributed by atoms with Crippen molar-refractivity contribution in [3.05, 3.63) is 0 Å². The number of nitrogens with one attached hydrogen (secondary N) is 1. The van der Waals surface area contributed by atoms with E-state index < -0.39 is 0 Å².